The van der Waals surface area contributed by atoms with Crippen LogP contribution in [-0.4, -0.2) is 19.7 Å². The minimum atomic E-state index is -0.340. The third-order valence-corrected chi connectivity index (χ3v) is 3.02. The van der Waals surface area contributed by atoms with E-state index in [2.05, 4.69) is 26.0 Å². The molecule has 0 aliphatic heterocycles. The molecule has 1 aromatic rings. The predicted molar refractivity (Wildman–Crippen MR) is 81.1 cm³/mol. The first kappa shape index (κ1) is 16.3. The number of ether oxygens (including phenoxy) is 2. The first-order valence-corrected chi connectivity index (χ1v) is 7.13. The second-order valence-corrected chi connectivity index (χ2v) is 4.89. The molecule has 0 fully saturated rings. The summed E-state index contributed by atoms with van der Waals surface area (Å²) in [4.78, 5) is 11.4. The number of allylic oxidation sites excluding steroid dienone is 2. The summed E-state index contributed by atoms with van der Waals surface area (Å²) in [6, 6.07) is 7.10. The lowest BCUT2D eigenvalue weighted by Crippen LogP contribution is -2.09. The molecule has 0 bridgehead atoms. The van der Waals surface area contributed by atoms with Crippen molar-refractivity contribution in [3.8, 4) is 5.75 Å². The van der Waals surface area contributed by atoms with E-state index >= 15 is 0 Å². The van der Waals surface area contributed by atoms with Gasteiger partial charge in [0.25, 0.3) is 0 Å². The summed E-state index contributed by atoms with van der Waals surface area (Å²) < 4.78 is 10.4. The lowest BCUT2D eigenvalue weighted by molar-refractivity contribution is 0.0600. The van der Waals surface area contributed by atoms with Crippen LogP contribution in [-0.2, 0) is 4.74 Å². The highest BCUT2D eigenvalue weighted by Crippen LogP contribution is 2.16. The largest absolute Gasteiger partial charge is 0.493 e. The fraction of sp³-hybridized carbons (Fsp3) is 0.471. The Balaban J connectivity index is 2.41. The summed E-state index contributed by atoms with van der Waals surface area (Å²) in [5.74, 6) is 0.857. The highest BCUT2D eigenvalue weighted by atomic mass is 16.5. The van der Waals surface area contributed by atoms with Crippen LogP contribution < -0.4 is 4.74 Å². The molecule has 3 heteroatoms. The maximum absolute atomic E-state index is 11.4. The maximum Gasteiger partial charge on any atom is 0.337 e. The molecule has 0 spiro atoms. The topological polar surface area (TPSA) is 35.5 Å². The summed E-state index contributed by atoms with van der Waals surface area (Å²) in [6.45, 7) is 4.96. The summed E-state index contributed by atoms with van der Waals surface area (Å²) in [6.07, 6.45) is 7.68. The Morgan fingerprint density at radius 3 is 2.85 bits per heavy atom. The van der Waals surface area contributed by atoms with E-state index in [-0.39, 0.29) is 5.97 Å². The SMILES string of the molecule is CC/C=C\CCC(C)COc1cccc(C(=O)OC)c1. The van der Waals surface area contributed by atoms with E-state index in [1.165, 1.54) is 7.11 Å². The smallest absolute Gasteiger partial charge is 0.337 e. The molecule has 0 aromatic heterocycles. The zero-order valence-electron chi connectivity index (χ0n) is 12.6. The van der Waals surface area contributed by atoms with Crippen molar-refractivity contribution < 1.29 is 14.3 Å². The molecular formula is C17H24O3. The number of hydrogen-bond acceptors (Lipinski definition) is 3. The normalized spacial score (nSPS) is 12.3. The van der Waals surface area contributed by atoms with Gasteiger partial charge in [0.1, 0.15) is 5.75 Å². The van der Waals surface area contributed by atoms with Crippen LogP contribution in [0.5, 0.6) is 5.75 Å². The van der Waals surface area contributed by atoms with Crippen molar-refractivity contribution in [2.45, 2.75) is 33.1 Å². The third-order valence-electron chi connectivity index (χ3n) is 3.02. The summed E-state index contributed by atoms with van der Waals surface area (Å²) in [5, 5.41) is 0. The molecule has 0 N–H and O–H groups in total. The molecule has 0 amide bonds. The molecule has 0 heterocycles. The van der Waals surface area contributed by atoms with Crippen LogP contribution in [0.1, 0.15) is 43.5 Å². The lowest BCUT2D eigenvalue weighted by atomic mass is 10.1. The number of carbonyl (C=O) groups excluding carboxylic acids is 1. The molecule has 1 atom stereocenters. The van der Waals surface area contributed by atoms with E-state index in [1.54, 1.807) is 18.2 Å². The van der Waals surface area contributed by atoms with Crippen molar-refractivity contribution in [3.05, 3.63) is 42.0 Å². The number of esters is 1. The van der Waals surface area contributed by atoms with Crippen LogP contribution in [0, 0.1) is 5.92 Å². The Labute approximate surface area is 121 Å². The van der Waals surface area contributed by atoms with E-state index in [1.807, 2.05) is 6.07 Å². The Morgan fingerprint density at radius 1 is 1.35 bits per heavy atom. The first-order chi connectivity index (χ1) is 9.67. The Hall–Kier alpha value is -1.77. The van der Waals surface area contributed by atoms with Crippen molar-refractivity contribution in [1.29, 1.82) is 0 Å². The van der Waals surface area contributed by atoms with Gasteiger partial charge in [-0.25, -0.2) is 4.79 Å². The number of benzene rings is 1. The Kier molecular flexibility index (Phi) is 7.48. The van der Waals surface area contributed by atoms with Crippen molar-refractivity contribution in [2.24, 2.45) is 5.92 Å². The summed E-state index contributed by atoms with van der Waals surface area (Å²) in [7, 11) is 1.38. The van der Waals surface area contributed by atoms with Gasteiger partial charge < -0.3 is 9.47 Å². The molecule has 0 saturated carbocycles. The van der Waals surface area contributed by atoms with Gasteiger partial charge in [-0.3, -0.25) is 0 Å². The second kappa shape index (κ2) is 9.18. The summed E-state index contributed by atoms with van der Waals surface area (Å²) in [5.41, 5.74) is 0.517. The molecule has 110 valence electrons. The van der Waals surface area contributed by atoms with E-state index in [9.17, 15) is 4.79 Å². The quantitative estimate of drug-likeness (QED) is 0.526. The standard InChI is InChI=1S/C17H24O3/c1-4-5-6-7-9-14(2)13-20-16-11-8-10-15(12-16)17(18)19-3/h5-6,8,10-12,14H,4,7,9,13H2,1-3H3/b6-5-. The van der Waals surface area contributed by atoms with E-state index in [0.717, 1.165) is 19.3 Å². The third kappa shape index (κ3) is 5.91. The van der Waals surface area contributed by atoms with Gasteiger partial charge in [0.05, 0.1) is 19.3 Å². The molecular weight excluding hydrogens is 252 g/mol. The Morgan fingerprint density at radius 2 is 2.15 bits per heavy atom. The zero-order valence-corrected chi connectivity index (χ0v) is 12.6. The van der Waals surface area contributed by atoms with Gasteiger partial charge in [0.15, 0.2) is 0 Å². The molecule has 0 aliphatic rings. The van der Waals surface area contributed by atoms with E-state index < -0.39 is 0 Å². The van der Waals surface area contributed by atoms with Crippen molar-refractivity contribution in [2.75, 3.05) is 13.7 Å². The van der Waals surface area contributed by atoms with Gasteiger partial charge in [-0.2, -0.15) is 0 Å². The number of methoxy groups -OCH3 is 1. The van der Waals surface area contributed by atoms with Gasteiger partial charge >= 0.3 is 5.97 Å². The maximum atomic E-state index is 11.4. The molecule has 1 rings (SSSR count). The fourth-order valence-corrected chi connectivity index (χ4v) is 1.82. The predicted octanol–water partition coefficient (Wildman–Crippen LogP) is 4.23. The van der Waals surface area contributed by atoms with Gasteiger partial charge in [0, 0.05) is 0 Å². The minimum Gasteiger partial charge on any atom is -0.493 e. The highest BCUT2D eigenvalue weighted by molar-refractivity contribution is 5.89. The van der Waals surface area contributed by atoms with Crippen LogP contribution in [0.25, 0.3) is 0 Å². The van der Waals surface area contributed by atoms with Gasteiger partial charge in [-0.05, 0) is 43.4 Å². The summed E-state index contributed by atoms with van der Waals surface area (Å²) >= 11 is 0. The molecule has 0 saturated heterocycles. The minimum absolute atomic E-state index is 0.340. The Bertz CT molecular complexity index is 438. The average Bonchev–Trinajstić information content (AvgIpc) is 2.49. The highest BCUT2D eigenvalue weighted by Gasteiger charge is 2.07. The monoisotopic (exact) mass is 276 g/mol. The van der Waals surface area contributed by atoms with Crippen LogP contribution in [0.2, 0.25) is 0 Å². The molecule has 0 radical (unpaired) electrons. The molecule has 20 heavy (non-hydrogen) atoms. The molecule has 1 aromatic carbocycles. The van der Waals surface area contributed by atoms with Gasteiger partial charge in [-0.15, -0.1) is 0 Å². The van der Waals surface area contributed by atoms with Crippen molar-refractivity contribution >= 4 is 5.97 Å². The molecule has 3 nitrogen and oxygen atoms in total. The fourth-order valence-electron chi connectivity index (χ4n) is 1.82. The van der Waals surface area contributed by atoms with Crippen LogP contribution in [0.4, 0.5) is 0 Å². The zero-order chi connectivity index (χ0) is 14.8. The van der Waals surface area contributed by atoms with E-state index in [4.69, 9.17) is 9.47 Å². The van der Waals surface area contributed by atoms with Crippen LogP contribution in [0.15, 0.2) is 36.4 Å². The van der Waals surface area contributed by atoms with Gasteiger partial charge in [0.2, 0.25) is 0 Å². The average molecular weight is 276 g/mol. The van der Waals surface area contributed by atoms with Crippen molar-refractivity contribution in [3.63, 3.8) is 0 Å². The van der Waals surface area contributed by atoms with Crippen LogP contribution in [0.3, 0.4) is 0 Å². The number of rotatable bonds is 8. The lowest BCUT2D eigenvalue weighted by Gasteiger charge is -2.12. The number of hydrogen-bond donors (Lipinski definition) is 0. The van der Waals surface area contributed by atoms with Crippen molar-refractivity contribution in [1.82, 2.24) is 0 Å². The van der Waals surface area contributed by atoms with Gasteiger partial charge in [-0.1, -0.05) is 32.1 Å². The molecule has 0 aliphatic carbocycles. The second-order valence-electron chi connectivity index (χ2n) is 4.89. The number of carbonyl (C=O) groups is 1. The van der Waals surface area contributed by atoms with Crippen LogP contribution >= 0.6 is 0 Å². The molecule has 1 unspecified atom stereocenters. The first-order valence-electron chi connectivity index (χ1n) is 7.13. The van der Waals surface area contributed by atoms with E-state index in [0.29, 0.717) is 23.8 Å².